The molecule has 2 rings (SSSR count). The summed E-state index contributed by atoms with van der Waals surface area (Å²) in [5.41, 5.74) is 2.51. The highest BCUT2D eigenvalue weighted by Gasteiger charge is 2.00. The Morgan fingerprint density at radius 1 is 0.559 bits per heavy atom. The van der Waals surface area contributed by atoms with Crippen LogP contribution in [0.2, 0.25) is 0 Å². The summed E-state index contributed by atoms with van der Waals surface area (Å²) in [6.45, 7) is 3.43. The summed E-state index contributed by atoms with van der Waals surface area (Å²) in [5.74, 6) is 0. The molecule has 188 valence electrons. The van der Waals surface area contributed by atoms with Gasteiger partial charge in [-0.1, -0.05) is 121 Å². The number of aryl methyl sites for hydroxylation is 1. The molecule has 0 atom stereocenters. The minimum absolute atomic E-state index is 1.14. The summed E-state index contributed by atoms with van der Waals surface area (Å²) in [6.07, 6.45) is 33.8. The van der Waals surface area contributed by atoms with E-state index < -0.39 is 0 Å². The molecule has 0 spiro atoms. The molecule has 0 amide bonds. The average Bonchev–Trinajstić information content (AvgIpc) is 2.88. The fourth-order valence-corrected chi connectivity index (χ4v) is 4.89. The standard InChI is InChI=1S/C32H50NS/c1-3-4-5-6-7-8-9-10-11-12-13-14-15-16-17-18-27-33-28-25-31(26-29-33)20-19-30-21-23-32(34-2)24-22-30/h19-26,28-29H,3-18,27H2,1-2H3/q+1/b20-19+. The predicted octanol–water partition coefficient (Wildman–Crippen LogP) is 10.1. The van der Waals surface area contributed by atoms with Crippen molar-refractivity contribution in [3.05, 3.63) is 59.9 Å². The maximum absolute atomic E-state index is 2.33. The second kappa shape index (κ2) is 19.7. The second-order valence-corrected chi connectivity index (χ2v) is 10.7. The summed E-state index contributed by atoms with van der Waals surface area (Å²) < 4.78 is 2.33. The number of rotatable bonds is 20. The number of unbranched alkanes of at least 4 members (excludes halogenated alkanes) is 15. The van der Waals surface area contributed by atoms with E-state index in [2.05, 4.69) is 78.7 Å². The second-order valence-electron chi connectivity index (χ2n) is 9.78. The number of hydrogen-bond acceptors (Lipinski definition) is 1. The lowest BCUT2D eigenvalue weighted by molar-refractivity contribution is -0.697. The zero-order chi connectivity index (χ0) is 24.1. The predicted molar refractivity (Wildman–Crippen MR) is 153 cm³/mol. The van der Waals surface area contributed by atoms with E-state index in [0.29, 0.717) is 0 Å². The van der Waals surface area contributed by atoms with Gasteiger partial charge in [0.2, 0.25) is 0 Å². The fourth-order valence-electron chi connectivity index (χ4n) is 4.48. The Bertz CT molecular complexity index is 748. The van der Waals surface area contributed by atoms with Crippen LogP contribution in [0.15, 0.2) is 53.7 Å². The first-order valence-corrected chi connectivity index (χ1v) is 15.4. The minimum Gasteiger partial charge on any atom is -0.205 e. The van der Waals surface area contributed by atoms with Crippen LogP contribution >= 0.6 is 11.8 Å². The summed E-state index contributed by atoms with van der Waals surface area (Å²) in [4.78, 5) is 1.31. The lowest BCUT2D eigenvalue weighted by atomic mass is 10.0. The molecular formula is C32H50NS+. The van der Waals surface area contributed by atoms with Crippen LogP contribution < -0.4 is 4.57 Å². The Morgan fingerprint density at radius 2 is 0.971 bits per heavy atom. The van der Waals surface area contributed by atoms with Crippen molar-refractivity contribution in [2.45, 2.75) is 121 Å². The molecule has 0 saturated carbocycles. The van der Waals surface area contributed by atoms with Crippen LogP contribution in [0.5, 0.6) is 0 Å². The van der Waals surface area contributed by atoms with Gasteiger partial charge in [0.1, 0.15) is 6.54 Å². The van der Waals surface area contributed by atoms with Gasteiger partial charge in [-0.15, -0.1) is 11.8 Å². The zero-order valence-corrected chi connectivity index (χ0v) is 23.0. The molecule has 0 unspecified atom stereocenters. The normalized spacial score (nSPS) is 11.5. The van der Waals surface area contributed by atoms with Crippen molar-refractivity contribution in [3.8, 4) is 0 Å². The fraction of sp³-hybridized carbons (Fsp3) is 0.594. The topological polar surface area (TPSA) is 3.88 Å². The van der Waals surface area contributed by atoms with Gasteiger partial charge in [0.15, 0.2) is 12.4 Å². The van der Waals surface area contributed by atoms with Crippen molar-refractivity contribution in [2.24, 2.45) is 0 Å². The van der Waals surface area contributed by atoms with E-state index in [4.69, 9.17) is 0 Å². The first-order chi connectivity index (χ1) is 16.8. The Labute approximate surface area is 215 Å². The lowest BCUT2D eigenvalue weighted by Crippen LogP contribution is -2.32. The largest absolute Gasteiger partial charge is 0.205 e. The van der Waals surface area contributed by atoms with Gasteiger partial charge in [0.05, 0.1) is 0 Å². The van der Waals surface area contributed by atoms with Gasteiger partial charge in [0.25, 0.3) is 0 Å². The number of nitrogens with zero attached hydrogens (tertiary/aromatic N) is 1. The van der Waals surface area contributed by atoms with E-state index in [1.54, 1.807) is 11.8 Å². The zero-order valence-electron chi connectivity index (χ0n) is 22.1. The van der Waals surface area contributed by atoms with Crippen molar-refractivity contribution in [2.75, 3.05) is 6.26 Å². The highest BCUT2D eigenvalue weighted by molar-refractivity contribution is 7.98. The molecular weight excluding hydrogens is 430 g/mol. The van der Waals surface area contributed by atoms with Crippen molar-refractivity contribution in [1.82, 2.24) is 0 Å². The molecule has 0 radical (unpaired) electrons. The van der Waals surface area contributed by atoms with Crippen molar-refractivity contribution in [3.63, 3.8) is 0 Å². The van der Waals surface area contributed by atoms with Gasteiger partial charge in [-0.3, -0.25) is 0 Å². The molecule has 0 aliphatic heterocycles. The van der Waals surface area contributed by atoms with Crippen molar-refractivity contribution >= 4 is 23.9 Å². The first kappa shape index (κ1) is 28.7. The van der Waals surface area contributed by atoms with E-state index in [1.165, 1.54) is 119 Å². The third-order valence-electron chi connectivity index (χ3n) is 6.77. The Hall–Kier alpha value is -1.54. The van der Waals surface area contributed by atoms with E-state index in [9.17, 15) is 0 Å². The number of benzene rings is 1. The highest BCUT2D eigenvalue weighted by Crippen LogP contribution is 2.16. The number of pyridine rings is 1. The Morgan fingerprint density at radius 3 is 1.41 bits per heavy atom. The molecule has 1 aromatic carbocycles. The maximum Gasteiger partial charge on any atom is 0.169 e. The molecule has 1 nitrogen and oxygen atoms in total. The first-order valence-electron chi connectivity index (χ1n) is 14.1. The Kier molecular flexibility index (Phi) is 16.7. The molecule has 0 fully saturated rings. The van der Waals surface area contributed by atoms with Crippen LogP contribution in [0.25, 0.3) is 12.2 Å². The third kappa shape index (κ3) is 14.0. The van der Waals surface area contributed by atoms with Crippen LogP contribution in [0.4, 0.5) is 0 Å². The number of hydrogen-bond donors (Lipinski definition) is 0. The molecule has 0 bridgehead atoms. The molecule has 1 aromatic heterocycles. The van der Waals surface area contributed by atoms with E-state index >= 15 is 0 Å². The van der Waals surface area contributed by atoms with Gasteiger partial charge in [-0.2, -0.15) is 0 Å². The summed E-state index contributed by atoms with van der Waals surface area (Å²) >= 11 is 1.78. The molecule has 0 N–H and O–H groups in total. The lowest BCUT2D eigenvalue weighted by Gasteiger charge is -2.03. The van der Waals surface area contributed by atoms with Crippen LogP contribution in [0, 0.1) is 0 Å². The molecule has 0 saturated heterocycles. The Balaban J connectivity index is 1.42. The van der Waals surface area contributed by atoms with Crippen molar-refractivity contribution < 1.29 is 4.57 Å². The summed E-state index contributed by atoms with van der Waals surface area (Å²) in [5, 5.41) is 0. The molecule has 2 aromatic rings. The molecule has 1 heterocycles. The summed E-state index contributed by atoms with van der Waals surface area (Å²) in [7, 11) is 0. The summed E-state index contributed by atoms with van der Waals surface area (Å²) in [6, 6.07) is 13.2. The van der Waals surface area contributed by atoms with Crippen molar-refractivity contribution in [1.29, 1.82) is 0 Å². The maximum atomic E-state index is 2.33. The van der Waals surface area contributed by atoms with Gasteiger partial charge in [0, 0.05) is 23.4 Å². The van der Waals surface area contributed by atoms with Crippen LogP contribution in [-0.4, -0.2) is 6.26 Å². The number of aromatic nitrogens is 1. The van der Waals surface area contributed by atoms with Crippen LogP contribution in [0.1, 0.15) is 121 Å². The highest BCUT2D eigenvalue weighted by atomic mass is 32.2. The molecule has 0 aliphatic carbocycles. The molecule has 34 heavy (non-hydrogen) atoms. The van der Waals surface area contributed by atoms with E-state index in [-0.39, 0.29) is 0 Å². The SMILES string of the molecule is CCCCCCCCCCCCCCCCCC[n+]1ccc(/C=C/c2ccc(SC)cc2)cc1. The van der Waals surface area contributed by atoms with Gasteiger partial charge >= 0.3 is 0 Å². The van der Waals surface area contributed by atoms with Crippen LogP contribution in [0.3, 0.4) is 0 Å². The quantitative estimate of drug-likeness (QED) is 0.104. The number of thioether (sulfide) groups is 1. The van der Waals surface area contributed by atoms with Gasteiger partial charge < -0.3 is 0 Å². The minimum atomic E-state index is 1.14. The molecule has 2 heteroatoms. The van der Waals surface area contributed by atoms with Gasteiger partial charge in [-0.25, -0.2) is 4.57 Å². The third-order valence-corrected chi connectivity index (χ3v) is 7.51. The van der Waals surface area contributed by atoms with Crippen LogP contribution in [-0.2, 0) is 6.54 Å². The van der Waals surface area contributed by atoms with Gasteiger partial charge in [-0.05, 0) is 35.9 Å². The van der Waals surface area contributed by atoms with E-state index in [1.807, 2.05) is 0 Å². The molecule has 0 aliphatic rings. The average molecular weight is 481 g/mol. The smallest absolute Gasteiger partial charge is 0.169 e. The van der Waals surface area contributed by atoms with E-state index in [0.717, 1.165) is 6.54 Å². The monoisotopic (exact) mass is 480 g/mol.